The Kier molecular flexibility index (Phi) is 3.47. The van der Waals surface area contributed by atoms with Crippen molar-refractivity contribution < 1.29 is 4.74 Å². The van der Waals surface area contributed by atoms with Crippen molar-refractivity contribution in [1.82, 2.24) is 5.32 Å². The van der Waals surface area contributed by atoms with E-state index in [0.717, 1.165) is 6.61 Å². The van der Waals surface area contributed by atoms with Crippen molar-refractivity contribution in [2.75, 3.05) is 18.1 Å². The van der Waals surface area contributed by atoms with E-state index < -0.39 is 0 Å². The van der Waals surface area contributed by atoms with Crippen molar-refractivity contribution in [2.24, 2.45) is 10.8 Å². The molecule has 2 aliphatic heterocycles. The van der Waals surface area contributed by atoms with Crippen molar-refractivity contribution in [3.8, 4) is 0 Å². The van der Waals surface area contributed by atoms with Crippen molar-refractivity contribution in [1.29, 1.82) is 0 Å². The van der Waals surface area contributed by atoms with Gasteiger partial charge < -0.3 is 10.1 Å². The zero-order valence-corrected chi connectivity index (χ0v) is 13.7. The minimum atomic E-state index is 0.213. The lowest BCUT2D eigenvalue weighted by Gasteiger charge is -2.43. The smallest absolute Gasteiger partial charge is 0.0713 e. The zero-order chi connectivity index (χ0) is 13.7. The van der Waals surface area contributed by atoms with E-state index in [4.69, 9.17) is 4.74 Å². The summed E-state index contributed by atoms with van der Waals surface area (Å²) in [7, 11) is 0. The molecule has 1 unspecified atom stereocenters. The fourth-order valence-corrected chi connectivity index (χ4v) is 5.35. The fraction of sp³-hybridized carbons (Fsp3) is 1.00. The SMILES string of the molecule is CC1(C)C(NC2CCOC3(CCSCC3)C2)C1(C)C. The van der Waals surface area contributed by atoms with Crippen molar-refractivity contribution >= 4 is 11.8 Å². The number of thioether (sulfide) groups is 1. The molecule has 2 heterocycles. The van der Waals surface area contributed by atoms with Gasteiger partial charge in [0.2, 0.25) is 0 Å². The topological polar surface area (TPSA) is 21.3 Å². The number of ether oxygens (including phenoxy) is 1. The Morgan fingerprint density at radius 3 is 2.26 bits per heavy atom. The molecular formula is C16H29NOS. The molecule has 3 rings (SSSR count). The predicted molar refractivity (Wildman–Crippen MR) is 82.7 cm³/mol. The average Bonchev–Trinajstić information content (AvgIpc) is 2.73. The van der Waals surface area contributed by atoms with Crippen molar-refractivity contribution in [3.05, 3.63) is 0 Å². The summed E-state index contributed by atoms with van der Waals surface area (Å²) in [5, 5.41) is 3.96. The summed E-state index contributed by atoms with van der Waals surface area (Å²) in [6.07, 6.45) is 4.94. The second-order valence-electron chi connectivity index (χ2n) is 7.88. The molecule has 3 aliphatic rings. The fourth-order valence-electron chi connectivity index (χ4n) is 4.11. The lowest BCUT2D eigenvalue weighted by atomic mass is 9.85. The molecule has 110 valence electrons. The van der Waals surface area contributed by atoms with Gasteiger partial charge in [-0.2, -0.15) is 11.8 Å². The normalized spacial score (nSPS) is 36.3. The number of rotatable bonds is 2. The Labute approximate surface area is 122 Å². The summed E-state index contributed by atoms with van der Waals surface area (Å²) in [6, 6.07) is 1.35. The third-order valence-electron chi connectivity index (χ3n) is 6.32. The van der Waals surface area contributed by atoms with Crippen LogP contribution in [0.25, 0.3) is 0 Å². The molecule has 0 bridgehead atoms. The van der Waals surface area contributed by atoms with Gasteiger partial charge in [0.25, 0.3) is 0 Å². The average molecular weight is 283 g/mol. The highest BCUT2D eigenvalue weighted by molar-refractivity contribution is 7.99. The van der Waals surface area contributed by atoms with Gasteiger partial charge >= 0.3 is 0 Å². The Balaban J connectivity index is 1.61. The van der Waals surface area contributed by atoms with Crippen molar-refractivity contribution in [2.45, 2.75) is 71.1 Å². The molecule has 1 saturated carbocycles. The van der Waals surface area contributed by atoms with E-state index >= 15 is 0 Å². The van der Waals surface area contributed by atoms with Crippen LogP contribution in [0.3, 0.4) is 0 Å². The van der Waals surface area contributed by atoms with E-state index in [9.17, 15) is 0 Å². The van der Waals surface area contributed by atoms with E-state index in [2.05, 4.69) is 44.8 Å². The summed E-state index contributed by atoms with van der Waals surface area (Å²) in [6.45, 7) is 10.6. The summed E-state index contributed by atoms with van der Waals surface area (Å²) in [4.78, 5) is 0. The molecule has 0 aromatic carbocycles. The third kappa shape index (κ3) is 2.36. The van der Waals surface area contributed by atoms with E-state index in [1.807, 2.05) is 0 Å². The van der Waals surface area contributed by atoms with Crippen LogP contribution in [0.2, 0.25) is 0 Å². The standard InChI is InChI=1S/C16H29NOS/c1-14(2)13(15(14,3)4)17-12-5-8-18-16(11-12)6-9-19-10-7-16/h12-13,17H,5-11H2,1-4H3. The Hall–Kier alpha value is 0.270. The van der Waals surface area contributed by atoms with Crippen molar-refractivity contribution in [3.63, 3.8) is 0 Å². The van der Waals surface area contributed by atoms with E-state index in [1.54, 1.807) is 0 Å². The van der Waals surface area contributed by atoms with Gasteiger partial charge in [-0.25, -0.2) is 0 Å². The van der Waals surface area contributed by atoms with E-state index in [1.165, 1.54) is 37.2 Å². The highest BCUT2D eigenvalue weighted by atomic mass is 32.2. The van der Waals surface area contributed by atoms with Gasteiger partial charge in [0.05, 0.1) is 5.60 Å². The molecule has 3 heteroatoms. The molecule has 0 amide bonds. The van der Waals surface area contributed by atoms with Gasteiger partial charge in [-0.15, -0.1) is 0 Å². The Bertz CT molecular complexity index is 327. The van der Waals surface area contributed by atoms with E-state index in [0.29, 0.717) is 22.9 Å². The molecular weight excluding hydrogens is 254 g/mol. The van der Waals surface area contributed by atoms with Crippen LogP contribution < -0.4 is 5.32 Å². The minimum Gasteiger partial charge on any atom is -0.375 e. The Morgan fingerprint density at radius 1 is 1.05 bits per heavy atom. The van der Waals surface area contributed by atoms with Crippen LogP contribution in [0.4, 0.5) is 0 Å². The molecule has 0 aromatic heterocycles. The summed E-state index contributed by atoms with van der Waals surface area (Å²) < 4.78 is 6.19. The maximum Gasteiger partial charge on any atom is 0.0713 e. The first-order chi connectivity index (χ1) is 8.87. The van der Waals surface area contributed by atoms with Crippen LogP contribution in [-0.4, -0.2) is 35.8 Å². The molecule has 2 nitrogen and oxygen atoms in total. The van der Waals surface area contributed by atoms with Gasteiger partial charge in [0, 0.05) is 18.7 Å². The van der Waals surface area contributed by atoms with Gasteiger partial charge in [0.15, 0.2) is 0 Å². The summed E-state index contributed by atoms with van der Waals surface area (Å²) in [5.74, 6) is 2.57. The number of nitrogens with one attached hydrogen (secondary N) is 1. The lowest BCUT2D eigenvalue weighted by Crippen LogP contribution is -2.50. The first-order valence-electron chi connectivity index (χ1n) is 7.85. The third-order valence-corrected chi connectivity index (χ3v) is 7.31. The molecule has 19 heavy (non-hydrogen) atoms. The van der Waals surface area contributed by atoms with Gasteiger partial charge in [-0.3, -0.25) is 0 Å². The molecule has 1 spiro atoms. The highest BCUT2D eigenvalue weighted by Crippen LogP contribution is 2.63. The van der Waals surface area contributed by atoms with Gasteiger partial charge in [-0.1, -0.05) is 27.7 Å². The highest BCUT2D eigenvalue weighted by Gasteiger charge is 2.65. The summed E-state index contributed by atoms with van der Waals surface area (Å²) >= 11 is 2.09. The van der Waals surface area contributed by atoms with Crippen LogP contribution in [0, 0.1) is 10.8 Å². The number of hydrogen-bond acceptors (Lipinski definition) is 3. The zero-order valence-electron chi connectivity index (χ0n) is 12.9. The molecule has 1 atom stereocenters. The maximum absolute atomic E-state index is 6.19. The molecule has 0 aromatic rings. The van der Waals surface area contributed by atoms with Crippen LogP contribution >= 0.6 is 11.8 Å². The Morgan fingerprint density at radius 2 is 1.68 bits per heavy atom. The maximum atomic E-state index is 6.19. The molecule has 0 radical (unpaired) electrons. The van der Waals surface area contributed by atoms with Crippen LogP contribution in [-0.2, 0) is 4.74 Å². The summed E-state index contributed by atoms with van der Waals surface area (Å²) in [5.41, 5.74) is 1.10. The van der Waals surface area contributed by atoms with E-state index in [-0.39, 0.29) is 5.60 Å². The van der Waals surface area contributed by atoms with Crippen LogP contribution in [0.15, 0.2) is 0 Å². The minimum absolute atomic E-state index is 0.213. The second-order valence-corrected chi connectivity index (χ2v) is 9.10. The largest absolute Gasteiger partial charge is 0.375 e. The first kappa shape index (κ1) is 14.2. The predicted octanol–water partition coefficient (Wildman–Crippen LogP) is 3.46. The molecule has 1 N–H and O–H groups in total. The quantitative estimate of drug-likeness (QED) is 0.838. The number of hydrogen-bond donors (Lipinski definition) is 1. The van der Waals surface area contributed by atoms with Gasteiger partial charge in [-0.05, 0) is 48.0 Å². The van der Waals surface area contributed by atoms with Crippen LogP contribution in [0.1, 0.15) is 53.4 Å². The lowest BCUT2D eigenvalue weighted by molar-refractivity contribution is -0.0937. The molecule has 2 saturated heterocycles. The second kappa shape index (κ2) is 4.64. The van der Waals surface area contributed by atoms with Crippen LogP contribution in [0.5, 0.6) is 0 Å². The van der Waals surface area contributed by atoms with Gasteiger partial charge in [0.1, 0.15) is 0 Å². The molecule has 1 aliphatic carbocycles. The monoisotopic (exact) mass is 283 g/mol. The first-order valence-corrected chi connectivity index (χ1v) is 9.01. The molecule has 3 fully saturated rings.